The molecule has 0 spiro atoms. The van der Waals surface area contributed by atoms with Crippen LogP contribution in [-0.2, 0) is 12.7 Å². The second kappa shape index (κ2) is 6.25. The minimum absolute atomic E-state index is 0.205. The molecule has 0 heterocycles. The number of hydrogen-bond acceptors (Lipinski definition) is 2. The molecule has 0 aliphatic rings. The maximum atomic E-state index is 12.6. The monoisotopic (exact) mass is 379 g/mol. The molecule has 2 rings (SSSR count). The van der Waals surface area contributed by atoms with Crippen molar-refractivity contribution in [2.24, 2.45) is 5.73 Å². The maximum Gasteiger partial charge on any atom is 0.416 e. The second-order valence-corrected chi connectivity index (χ2v) is 5.46. The van der Waals surface area contributed by atoms with Gasteiger partial charge < -0.3 is 10.5 Å². The summed E-state index contributed by atoms with van der Waals surface area (Å²) < 4.78 is 43.4. The van der Waals surface area contributed by atoms with Crippen LogP contribution in [0.2, 0.25) is 5.02 Å². The van der Waals surface area contributed by atoms with Crippen LogP contribution in [0, 0.1) is 0 Å². The van der Waals surface area contributed by atoms with E-state index in [4.69, 9.17) is 22.1 Å². The zero-order chi connectivity index (χ0) is 15.6. The summed E-state index contributed by atoms with van der Waals surface area (Å²) in [6.07, 6.45) is -4.40. The van der Waals surface area contributed by atoms with Gasteiger partial charge in [-0.3, -0.25) is 0 Å². The molecule has 0 saturated carbocycles. The van der Waals surface area contributed by atoms with Crippen molar-refractivity contribution in [3.63, 3.8) is 0 Å². The number of nitrogens with two attached hydrogens (primary N) is 1. The highest BCUT2D eigenvalue weighted by molar-refractivity contribution is 9.10. The highest BCUT2D eigenvalue weighted by Gasteiger charge is 2.31. The fraction of sp³-hybridized carbons (Fsp3) is 0.143. The third kappa shape index (κ3) is 3.90. The van der Waals surface area contributed by atoms with Crippen LogP contribution >= 0.6 is 27.5 Å². The fourth-order valence-corrected chi connectivity index (χ4v) is 2.35. The van der Waals surface area contributed by atoms with Crippen LogP contribution in [0.15, 0.2) is 40.9 Å². The lowest BCUT2D eigenvalue weighted by atomic mass is 10.2. The minimum atomic E-state index is -4.40. The fourth-order valence-electron chi connectivity index (χ4n) is 1.64. The quantitative estimate of drug-likeness (QED) is 0.777. The lowest BCUT2D eigenvalue weighted by Crippen LogP contribution is -2.04. The Bertz CT molecular complexity index is 661. The zero-order valence-corrected chi connectivity index (χ0v) is 12.9. The molecule has 7 heteroatoms. The van der Waals surface area contributed by atoms with Gasteiger partial charge in [0, 0.05) is 11.6 Å². The first-order chi connectivity index (χ1) is 9.81. The van der Waals surface area contributed by atoms with Crippen molar-refractivity contribution < 1.29 is 17.9 Å². The average Bonchev–Trinajstić information content (AvgIpc) is 2.40. The molecule has 0 atom stereocenters. The topological polar surface area (TPSA) is 35.2 Å². The van der Waals surface area contributed by atoms with Gasteiger partial charge >= 0.3 is 6.18 Å². The molecular weight excluding hydrogens is 371 g/mol. The Morgan fingerprint density at radius 3 is 2.38 bits per heavy atom. The number of halogens is 5. The molecular formula is C14H10BrClF3NO. The zero-order valence-electron chi connectivity index (χ0n) is 10.5. The molecule has 2 aromatic rings. The van der Waals surface area contributed by atoms with Gasteiger partial charge in [0.15, 0.2) is 0 Å². The van der Waals surface area contributed by atoms with E-state index in [2.05, 4.69) is 15.9 Å². The van der Waals surface area contributed by atoms with E-state index in [9.17, 15) is 13.2 Å². The predicted octanol–water partition coefficient (Wildman–Crippen LogP) is 5.37. The van der Waals surface area contributed by atoms with Gasteiger partial charge in [-0.2, -0.15) is 13.2 Å². The van der Waals surface area contributed by atoms with Crippen LogP contribution in [-0.4, -0.2) is 0 Å². The minimum Gasteiger partial charge on any atom is -0.456 e. The molecule has 0 unspecified atom stereocenters. The van der Waals surface area contributed by atoms with Crippen molar-refractivity contribution in [3.8, 4) is 11.5 Å². The molecule has 0 aromatic heterocycles. The molecule has 0 aliphatic heterocycles. The summed E-state index contributed by atoms with van der Waals surface area (Å²) in [7, 11) is 0. The van der Waals surface area contributed by atoms with E-state index in [0.717, 1.165) is 17.7 Å². The number of alkyl halides is 3. The Morgan fingerprint density at radius 2 is 1.86 bits per heavy atom. The molecule has 112 valence electrons. The van der Waals surface area contributed by atoms with Crippen LogP contribution in [0.4, 0.5) is 13.2 Å². The van der Waals surface area contributed by atoms with Gasteiger partial charge in [0.05, 0.1) is 10.0 Å². The summed E-state index contributed by atoms with van der Waals surface area (Å²) in [5, 5.41) is 0.443. The van der Waals surface area contributed by atoms with Crippen molar-refractivity contribution in [3.05, 3.63) is 57.0 Å². The summed E-state index contributed by atoms with van der Waals surface area (Å²) in [5.41, 5.74) is 5.50. The molecule has 0 fully saturated rings. The van der Waals surface area contributed by atoms with E-state index in [1.165, 1.54) is 6.07 Å². The second-order valence-electron chi connectivity index (χ2n) is 4.20. The van der Waals surface area contributed by atoms with Crippen LogP contribution in [0.1, 0.15) is 11.1 Å². The summed E-state index contributed by atoms with van der Waals surface area (Å²) in [4.78, 5) is 0. The molecule has 2 aromatic carbocycles. The van der Waals surface area contributed by atoms with Gasteiger partial charge in [-0.05, 0) is 51.8 Å². The molecule has 0 bridgehead atoms. The maximum absolute atomic E-state index is 12.6. The van der Waals surface area contributed by atoms with Crippen LogP contribution in [0.25, 0.3) is 0 Å². The van der Waals surface area contributed by atoms with E-state index in [-0.39, 0.29) is 10.2 Å². The summed E-state index contributed by atoms with van der Waals surface area (Å²) >= 11 is 9.07. The third-order valence-electron chi connectivity index (χ3n) is 2.73. The van der Waals surface area contributed by atoms with Gasteiger partial charge in [0.1, 0.15) is 11.5 Å². The normalized spacial score (nSPS) is 11.5. The SMILES string of the molecule is NCc1ccc(Oc2ccc(C(F)(F)F)cc2Br)cc1Cl. The smallest absolute Gasteiger partial charge is 0.416 e. The predicted molar refractivity (Wildman–Crippen MR) is 78.6 cm³/mol. The Kier molecular flexibility index (Phi) is 4.81. The van der Waals surface area contributed by atoms with Crippen molar-refractivity contribution in [2.75, 3.05) is 0 Å². The lowest BCUT2D eigenvalue weighted by Gasteiger charge is -2.12. The van der Waals surface area contributed by atoms with Crippen LogP contribution in [0.5, 0.6) is 11.5 Å². The molecule has 2 N–H and O–H groups in total. The Balaban J connectivity index is 2.26. The highest BCUT2D eigenvalue weighted by Crippen LogP contribution is 2.37. The van der Waals surface area contributed by atoms with E-state index in [0.29, 0.717) is 17.3 Å². The van der Waals surface area contributed by atoms with E-state index >= 15 is 0 Å². The number of rotatable bonds is 3. The van der Waals surface area contributed by atoms with Gasteiger partial charge in [-0.25, -0.2) is 0 Å². The standard InChI is InChI=1S/C14H10BrClF3NO/c15-11-5-9(14(17,18)19)2-4-13(11)21-10-3-1-8(7-20)12(16)6-10/h1-6H,7,20H2. The largest absolute Gasteiger partial charge is 0.456 e. The summed E-state index contributed by atoms with van der Waals surface area (Å²) in [5.74, 6) is 0.678. The van der Waals surface area contributed by atoms with Crippen molar-refractivity contribution in [1.29, 1.82) is 0 Å². The Hall–Kier alpha value is -1.24. The van der Waals surface area contributed by atoms with Gasteiger partial charge in [-0.1, -0.05) is 17.7 Å². The van der Waals surface area contributed by atoms with Gasteiger partial charge in [-0.15, -0.1) is 0 Å². The summed E-state index contributed by atoms with van der Waals surface area (Å²) in [6.45, 7) is 0.295. The number of benzene rings is 2. The van der Waals surface area contributed by atoms with Crippen molar-refractivity contribution >= 4 is 27.5 Å². The van der Waals surface area contributed by atoms with Crippen molar-refractivity contribution in [2.45, 2.75) is 12.7 Å². The number of ether oxygens (including phenoxy) is 1. The molecule has 0 saturated heterocycles. The van der Waals surface area contributed by atoms with Gasteiger partial charge in [0.25, 0.3) is 0 Å². The van der Waals surface area contributed by atoms with Gasteiger partial charge in [0.2, 0.25) is 0 Å². The third-order valence-corrected chi connectivity index (χ3v) is 3.70. The Morgan fingerprint density at radius 1 is 1.14 bits per heavy atom. The van der Waals surface area contributed by atoms with E-state index in [1.807, 2.05) is 0 Å². The first-order valence-electron chi connectivity index (χ1n) is 5.84. The Labute approximate surface area is 132 Å². The van der Waals surface area contributed by atoms with Crippen LogP contribution in [0.3, 0.4) is 0 Å². The molecule has 21 heavy (non-hydrogen) atoms. The summed E-state index contributed by atoms with van der Waals surface area (Å²) in [6, 6.07) is 8.08. The molecule has 0 radical (unpaired) electrons. The first kappa shape index (κ1) is 16.1. The molecule has 0 aliphatic carbocycles. The molecule has 2 nitrogen and oxygen atoms in total. The van der Waals surface area contributed by atoms with Crippen LogP contribution < -0.4 is 10.5 Å². The highest BCUT2D eigenvalue weighted by atomic mass is 79.9. The number of hydrogen-bond donors (Lipinski definition) is 1. The molecule has 0 amide bonds. The van der Waals surface area contributed by atoms with Crippen molar-refractivity contribution in [1.82, 2.24) is 0 Å². The van der Waals surface area contributed by atoms with E-state index < -0.39 is 11.7 Å². The first-order valence-corrected chi connectivity index (χ1v) is 7.01. The lowest BCUT2D eigenvalue weighted by molar-refractivity contribution is -0.137. The van der Waals surface area contributed by atoms with E-state index in [1.54, 1.807) is 18.2 Å². The average molecular weight is 381 g/mol.